The summed E-state index contributed by atoms with van der Waals surface area (Å²) in [4.78, 5) is 10.9. The van der Waals surface area contributed by atoms with Crippen molar-refractivity contribution in [1.82, 2.24) is 0 Å². The molecule has 1 saturated heterocycles. The molecule has 1 N–H and O–H groups in total. The molecular formula is C12H14O6S. The molecule has 19 heavy (non-hydrogen) atoms. The van der Waals surface area contributed by atoms with Crippen LogP contribution in [0, 0.1) is 0 Å². The highest BCUT2D eigenvalue weighted by atomic mass is 32.2. The molecule has 0 aromatic heterocycles. The van der Waals surface area contributed by atoms with Crippen LogP contribution >= 0.6 is 0 Å². The van der Waals surface area contributed by atoms with Gasteiger partial charge >= 0.3 is 5.97 Å². The predicted molar refractivity (Wildman–Crippen MR) is 67.6 cm³/mol. The number of ether oxygens (including phenoxy) is 2. The van der Waals surface area contributed by atoms with E-state index in [1.807, 2.05) is 0 Å². The molecule has 0 spiro atoms. The number of rotatable bonds is 4. The summed E-state index contributed by atoms with van der Waals surface area (Å²) in [5.41, 5.74) is 0.0663. The third kappa shape index (κ3) is 3.17. The smallest absolute Gasteiger partial charge is 0.335 e. The third-order valence-corrected chi connectivity index (χ3v) is 4.63. The van der Waals surface area contributed by atoms with Gasteiger partial charge in [-0.2, -0.15) is 0 Å². The molecule has 1 unspecified atom stereocenters. The number of benzene rings is 1. The number of aromatic carboxylic acids is 1. The van der Waals surface area contributed by atoms with Crippen molar-refractivity contribution in [2.75, 3.05) is 18.6 Å². The van der Waals surface area contributed by atoms with Crippen molar-refractivity contribution in [2.45, 2.75) is 12.5 Å². The van der Waals surface area contributed by atoms with Gasteiger partial charge in [0.2, 0.25) is 0 Å². The van der Waals surface area contributed by atoms with Gasteiger partial charge in [0.05, 0.1) is 24.2 Å². The van der Waals surface area contributed by atoms with E-state index < -0.39 is 21.9 Å². The van der Waals surface area contributed by atoms with E-state index in [9.17, 15) is 13.2 Å². The van der Waals surface area contributed by atoms with Crippen LogP contribution in [0.4, 0.5) is 0 Å². The van der Waals surface area contributed by atoms with Crippen molar-refractivity contribution in [3.05, 3.63) is 23.8 Å². The highest BCUT2D eigenvalue weighted by Gasteiger charge is 2.30. The summed E-state index contributed by atoms with van der Waals surface area (Å²) in [7, 11) is -1.61. The molecule has 0 amide bonds. The van der Waals surface area contributed by atoms with E-state index in [-0.39, 0.29) is 22.8 Å². The highest BCUT2D eigenvalue weighted by Crippen LogP contribution is 2.30. The van der Waals surface area contributed by atoms with Gasteiger partial charge in [-0.05, 0) is 24.6 Å². The first-order valence-corrected chi connectivity index (χ1v) is 7.52. The van der Waals surface area contributed by atoms with Gasteiger partial charge in [0.15, 0.2) is 21.3 Å². The van der Waals surface area contributed by atoms with Crippen LogP contribution in [-0.2, 0) is 9.84 Å². The lowest BCUT2D eigenvalue weighted by Crippen LogP contribution is -2.18. The Morgan fingerprint density at radius 1 is 1.37 bits per heavy atom. The quantitative estimate of drug-likeness (QED) is 0.886. The largest absolute Gasteiger partial charge is 0.493 e. The molecule has 1 aromatic carbocycles. The molecule has 0 radical (unpaired) electrons. The van der Waals surface area contributed by atoms with E-state index in [4.69, 9.17) is 14.6 Å². The summed E-state index contributed by atoms with van der Waals surface area (Å²) in [6, 6.07) is 4.23. The van der Waals surface area contributed by atoms with E-state index in [0.717, 1.165) is 0 Å². The Labute approximate surface area is 110 Å². The predicted octanol–water partition coefficient (Wildman–Crippen LogP) is 0.959. The van der Waals surface area contributed by atoms with Crippen molar-refractivity contribution in [3.63, 3.8) is 0 Å². The molecule has 1 fully saturated rings. The molecule has 1 aliphatic rings. The topological polar surface area (TPSA) is 89.9 Å². The Morgan fingerprint density at radius 3 is 2.63 bits per heavy atom. The Hall–Kier alpha value is -1.76. The van der Waals surface area contributed by atoms with Gasteiger partial charge in [0, 0.05) is 0 Å². The van der Waals surface area contributed by atoms with Crippen LogP contribution in [-0.4, -0.2) is 44.2 Å². The second-order valence-corrected chi connectivity index (χ2v) is 6.54. The molecule has 7 heteroatoms. The fourth-order valence-electron chi connectivity index (χ4n) is 1.94. The van der Waals surface area contributed by atoms with Gasteiger partial charge in [-0.15, -0.1) is 0 Å². The SMILES string of the molecule is COc1ccc(C(=O)O)cc1OC1CCS(=O)(=O)C1. The van der Waals surface area contributed by atoms with Gasteiger partial charge in [-0.3, -0.25) is 0 Å². The standard InChI is InChI=1S/C12H14O6S/c1-17-10-3-2-8(12(13)14)6-11(10)18-9-4-5-19(15,16)7-9/h2-3,6,9H,4-5,7H2,1H3,(H,13,14). The summed E-state index contributed by atoms with van der Waals surface area (Å²) < 4.78 is 33.3. The van der Waals surface area contributed by atoms with E-state index >= 15 is 0 Å². The lowest BCUT2D eigenvalue weighted by atomic mass is 10.2. The molecule has 0 aliphatic carbocycles. The summed E-state index contributed by atoms with van der Waals surface area (Å²) >= 11 is 0. The molecule has 1 aliphatic heterocycles. The summed E-state index contributed by atoms with van der Waals surface area (Å²) in [6.45, 7) is 0. The first-order valence-electron chi connectivity index (χ1n) is 5.70. The Bertz CT molecular complexity index is 592. The Kier molecular flexibility index (Phi) is 3.66. The van der Waals surface area contributed by atoms with Crippen LogP contribution in [0.2, 0.25) is 0 Å². The van der Waals surface area contributed by atoms with E-state index in [1.54, 1.807) is 0 Å². The van der Waals surface area contributed by atoms with Gasteiger partial charge < -0.3 is 14.6 Å². The molecular weight excluding hydrogens is 272 g/mol. The van der Waals surface area contributed by atoms with Gasteiger partial charge in [0.1, 0.15) is 6.10 Å². The Balaban J connectivity index is 2.23. The summed E-state index contributed by atoms with van der Waals surface area (Å²) in [5, 5.41) is 8.92. The Morgan fingerprint density at radius 2 is 2.11 bits per heavy atom. The number of carboxylic acids is 1. The molecule has 1 atom stereocenters. The maximum absolute atomic E-state index is 11.4. The summed E-state index contributed by atoms with van der Waals surface area (Å²) in [6.07, 6.45) is -0.0501. The molecule has 2 rings (SSSR count). The van der Waals surface area contributed by atoms with Gasteiger partial charge in [-0.25, -0.2) is 13.2 Å². The molecule has 104 valence electrons. The zero-order valence-electron chi connectivity index (χ0n) is 10.3. The minimum atomic E-state index is -3.04. The summed E-state index contributed by atoms with van der Waals surface area (Å²) in [5.74, 6) is -0.392. The molecule has 0 bridgehead atoms. The minimum Gasteiger partial charge on any atom is -0.493 e. The van der Waals surface area contributed by atoms with Crippen LogP contribution in [0.25, 0.3) is 0 Å². The number of carbonyl (C=O) groups is 1. The van der Waals surface area contributed by atoms with E-state index in [1.165, 1.54) is 25.3 Å². The number of hydrogen-bond donors (Lipinski definition) is 1. The number of carboxylic acid groups (broad SMARTS) is 1. The van der Waals surface area contributed by atoms with Crippen LogP contribution in [0.1, 0.15) is 16.8 Å². The average molecular weight is 286 g/mol. The first kappa shape index (κ1) is 13.7. The van der Waals surface area contributed by atoms with Crippen molar-refractivity contribution >= 4 is 15.8 Å². The number of sulfone groups is 1. The number of methoxy groups -OCH3 is 1. The maximum atomic E-state index is 11.4. The normalized spacial score (nSPS) is 21.0. The van der Waals surface area contributed by atoms with Crippen LogP contribution in [0.3, 0.4) is 0 Å². The second-order valence-electron chi connectivity index (χ2n) is 4.31. The van der Waals surface area contributed by atoms with Crippen molar-refractivity contribution in [2.24, 2.45) is 0 Å². The van der Waals surface area contributed by atoms with Crippen molar-refractivity contribution in [3.8, 4) is 11.5 Å². The van der Waals surface area contributed by atoms with Crippen LogP contribution in [0.5, 0.6) is 11.5 Å². The van der Waals surface area contributed by atoms with E-state index in [0.29, 0.717) is 12.2 Å². The van der Waals surface area contributed by atoms with E-state index in [2.05, 4.69) is 0 Å². The fraction of sp³-hybridized carbons (Fsp3) is 0.417. The second kappa shape index (κ2) is 5.08. The molecule has 0 saturated carbocycles. The lowest BCUT2D eigenvalue weighted by molar-refractivity contribution is 0.0696. The minimum absolute atomic E-state index is 0.0482. The molecule has 6 nitrogen and oxygen atoms in total. The van der Waals surface area contributed by atoms with Gasteiger partial charge in [-0.1, -0.05) is 0 Å². The first-order chi connectivity index (χ1) is 8.91. The average Bonchev–Trinajstić information content (AvgIpc) is 2.68. The fourth-order valence-corrected chi connectivity index (χ4v) is 3.53. The maximum Gasteiger partial charge on any atom is 0.335 e. The van der Waals surface area contributed by atoms with Crippen molar-refractivity contribution in [1.29, 1.82) is 0 Å². The van der Waals surface area contributed by atoms with Crippen LogP contribution < -0.4 is 9.47 Å². The number of hydrogen-bond acceptors (Lipinski definition) is 5. The van der Waals surface area contributed by atoms with Crippen molar-refractivity contribution < 1.29 is 27.8 Å². The third-order valence-electron chi connectivity index (χ3n) is 2.89. The zero-order chi connectivity index (χ0) is 14.0. The van der Waals surface area contributed by atoms with Crippen LogP contribution in [0.15, 0.2) is 18.2 Å². The lowest BCUT2D eigenvalue weighted by Gasteiger charge is -2.15. The highest BCUT2D eigenvalue weighted by molar-refractivity contribution is 7.91. The molecule has 1 heterocycles. The van der Waals surface area contributed by atoms with Gasteiger partial charge in [0.25, 0.3) is 0 Å². The monoisotopic (exact) mass is 286 g/mol. The molecule has 1 aromatic rings. The zero-order valence-corrected chi connectivity index (χ0v) is 11.1.